The van der Waals surface area contributed by atoms with Gasteiger partial charge in [0.1, 0.15) is 0 Å². The van der Waals surface area contributed by atoms with E-state index in [-0.39, 0.29) is 12.1 Å². The van der Waals surface area contributed by atoms with Gasteiger partial charge in [0.15, 0.2) is 0 Å². The third kappa shape index (κ3) is 4.03. The molecule has 1 rings (SSSR count). The van der Waals surface area contributed by atoms with Gasteiger partial charge in [-0.25, -0.2) is 4.79 Å². The molecule has 0 amide bonds. The molecule has 3 nitrogen and oxygen atoms in total. The Bertz CT molecular complexity index is 348. The number of nitrogens with one attached hydrogen (secondary N) is 1. The molecule has 0 aliphatic carbocycles. The van der Waals surface area contributed by atoms with E-state index in [4.69, 9.17) is 4.74 Å². The smallest absolute Gasteiger partial charge is 0.338 e. The van der Waals surface area contributed by atoms with Crippen LogP contribution in [0, 0.1) is 0 Å². The van der Waals surface area contributed by atoms with Crippen LogP contribution in [0.4, 0.5) is 0 Å². The topological polar surface area (TPSA) is 38.3 Å². The summed E-state index contributed by atoms with van der Waals surface area (Å²) in [6.07, 6.45) is 0.840. The lowest BCUT2D eigenvalue weighted by Crippen LogP contribution is -2.13. The van der Waals surface area contributed by atoms with Crippen LogP contribution in [-0.4, -0.2) is 25.7 Å². The van der Waals surface area contributed by atoms with Gasteiger partial charge in [0.25, 0.3) is 0 Å². The van der Waals surface area contributed by atoms with Crippen LogP contribution >= 0.6 is 0 Å². The largest absolute Gasteiger partial charge is 0.459 e. The van der Waals surface area contributed by atoms with Crippen LogP contribution in [0.1, 0.15) is 29.8 Å². The molecule has 16 heavy (non-hydrogen) atoms. The van der Waals surface area contributed by atoms with Crippen molar-refractivity contribution >= 4 is 5.97 Å². The van der Waals surface area contributed by atoms with Crippen molar-refractivity contribution in [3.05, 3.63) is 35.4 Å². The monoisotopic (exact) mass is 221 g/mol. The molecule has 0 heterocycles. The minimum Gasteiger partial charge on any atom is -0.459 e. The number of benzene rings is 1. The fourth-order valence-electron chi connectivity index (χ4n) is 1.41. The second kappa shape index (κ2) is 6.28. The predicted octanol–water partition coefficient (Wildman–Crippen LogP) is 2.01. The molecule has 0 bridgehead atoms. The molecule has 0 spiro atoms. The van der Waals surface area contributed by atoms with E-state index < -0.39 is 0 Å². The van der Waals surface area contributed by atoms with Crippen LogP contribution in [-0.2, 0) is 11.2 Å². The first kappa shape index (κ1) is 12.7. The Kier molecular flexibility index (Phi) is 4.99. The number of hydrogen-bond acceptors (Lipinski definition) is 3. The number of likely N-dealkylation sites (N-methyl/N-ethyl adjacent to an activating group) is 1. The average molecular weight is 221 g/mol. The molecule has 88 valence electrons. The van der Waals surface area contributed by atoms with Crippen LogP contribution < -0.4 is 5.32 Å². The molecule has 0 saturated carbocycles. The summed E-state index contributed by atoms with van der Waals surface area (Å²) in [7, 11) is 1.91. The first-order chi connectivity index (χ1) is 7.63. The summed E-state index contributed by atoms with van der Waals surface area (Å²) in [5.41, 5.74) is 1.77. The molecule has 0 fully saturated rings. The van der Waals surface area contributed by atoms with Gasteiger partial charge in [-0.3, -0.25) is 0 Å². The lowest BCUT2D eigenvalue weighted by molar-refractivity contribution is 0.0378. The molecule has 1 aromatic carbocycles. The van der Waals surface area contributed by atoms with Crippen LogP contribution in [0.3, 0.4) is 0 Å². The second-order valence-corrected chi connectivity index (χ2v) is 4.01. The van der Waals surface area contributed by atoms with Crippen molar-refractivity contribution < 1.29 is 9.53 Å². The highest BCUT2D eigenvalue weighted by Crippen LogP contribution is 2.08. The molecule has 0 atom stereocenters. The van der Waals surface area contributed by atoms with Crippen LogP contribution in [0.15, 0.2) is 24.3 Å². The molecular formula is C13H19NO2. The van der Waals surface area contributed by atoms with Gasteiger partial charge in [-0.15, -0.1) is 0 Å². The molecule has 3 heteroatoms. The van der Waals surface area contributed by atoms with Crippen LogP contribution in [0.25, 0.3) is 0 Å². The SMILES string of the molecule is CNCCc1cccc(C(=O)OC(C)C)c1. The predicted molar refractivity (Wildman–Crippen MR) is 64.6 cm³/mol. The van der Waals surface area contributed by atoms with E-state index in [9.17, 15) is 4.79 Å². The fraction of sp³-hybridized carbons (Fsp3) is 0.462. The van der Waals surface area contributed by atoms with E-state index in [0.717, 1.165) is 18.5 Å². The standard InChI is InChI=1S/C13H19NO2/c1-10(2)16-13(15)12-6-4-5-11(9-12)7-8-14-3/h4-6,9-10,14H,7-8H2,1-3H3. The van der Waals surface area contributed by atoms with Crippen molar-refractivity contribution in [3.63, 3.8) is 0 Å². The van der Waals surface area contributed by atoms with Gasteiger partial charge in [0.2, 0.25) is 0 Å². The molecule has 1 N–H and O–H groups in total. The third-order valence-electron chi connectivity index (χ3n) is 2.17. The summed E-state index contributed by atoms with van der Waals surface area (Å²) in [5.74, 6) is -0.249. The van der Waals surface area contributed by atoms with E-state index >= 15 is 0 Å². The van der Waals surface area contributed by atoms with Crippen LogP contribution in [0.2, 0.25) is 0 Å². The Morgan fingerprint density at radius 3 is 2.81 bits per heavy atom. The zero-order chi connectivity index (χ0) is 12.0. The van der Waals surface area contributed by atoms with Crippen molar-refractivity contribution in [2.24, 2.45) is 0 Å². The lowest BCUT2D eigenvalue weighted by atomic mass is 10.1. The molecule has 0 aromatic heterocycles. The van der Waals surface area contributed by atoms with E-state index in [2.05, 4.69) is 5.32 Å². The highest BCUT2D eigenvalue weighted by Gasteiger charge is 2.09. The van der Waals surface area contributed by atoms with Gasteiger partial charge in [-0.05, 0) is 51.6 Å². The van der Waals surface area contributed by atoms with Gasteiger partial charge in [-0.1, -0.05) is 12.1 Å². The number of rotatable bonds is 5. The first-order valence-corrected chi connectivity index (χ1v) is 5.58. The van der Waals surface area contributed by atoms with E-state index in [1.54, 1.807) is 6.07 Å². The molecule has 0 saturated heterocycles. The second-order valence-electron chi connectivity index (χ2n) is 4.01. The molecule has 0 radical (unpaired) electrons. The molecule has 0 aliphatic heterocycles. The van der Waals surface area contributed by atoms with E-state index in [1.165, 1.54) is 0 Å². The van der Waals surface area contributed by atoms with Gasteiger partial charge in [-0.2, -0.15) is 0 Å². The molecule has 1 aromatic rings. The maximum Gasteiger partial charge on any atom is 0.338 e. The molecular weight excluding hydrogens is 202 g/mol. The summed E-state index contributed by atoms with van der Waals surface area (Å²) in [6, 6.07) is 7.58. The van der Waals surface area contributed by atoms with Crippen LogP contribution in [0.5, 0.6) is 0 Å². The molecule has 0 unspecified atom stereocenters. The third-order valence-corrected chi connectivity index (χ3v) is 2.17. The Labute approximate surface area is 96.8 Å². The van der Waals surface area contributed by atoms with Gasteiger partial charge in [0.05, 0.1) is 11.7 Å². The van der Waals surface area contributed by atoms with Gasteiger partial charge in [0, 0.05) is 0 Å². The maximum absolute atomic E-state index is 11.6. The summed E-state index contributed by atoms with van der Waals surface area (Å²) >= 11 is 0. The highest BCUT2D eigenvalue weighted by molar-refractivity contribution is 5.89. The number of carbonyl (C=O) groups is 1. The fourth-order valence-corrected chi connectivity index (χ4v) is 1.41. The summed E-state index contributed by atoms with van der Waals surface area (Å²) in [4.78, 5) is 11.6. The summed E-state index contributed by atoms with van der Waals surface area (Å²) < 4.78 is 5.14. The van der Waals surface area contributed by atoms with Crippen molar-refractivity contribution in [2.45, 2.75) is 26.4 Å². The summed E-state index contributed by atoms with van der Waals surface area (Å²) in [6.45, 7) is 4.61. The maximum atomic E-state index is 11.6. The van der Waals surface area contributed by atoms with Crippen molar-refractivity contribution in [1.82, 2.24) is 5.32 Å². The number of carbonyl (C=O) groups excluding carboxylic acids is 1. The Morgan fingerprint density at radius 2 is 2.19 bits per heavy atom. The highest BCUT2D eigenvalue weighted by atomic mass is 16.5. The Balaban J connectivity index is 2.69. The van der Waals surface area contributed by atoms with Crippen molar-refractivity contribution in [2.75, 3.05) is 13.6 Å². The van der Waals surface area contributed by atoms with E-state index in [0.29, 0.717) is 5.56 Å². The Hall–Kier alpha value is -1.35. The number of esters is 1. The number of ether oxygens (including phenoxy) is 1. The normalized spacial score (nSPS) is 10.5. The average Bonchev–Trinajstić information content (AvgIpc) is 2.26. The lowest BCUT2D eigenvalue weighted by Gasteiger charge is -2.08. The zero-order valence-electron chi connectivity index (χ0n) is 10.1. The molecule has 0 aliphatic rings. The zero-order valence-corrected chi connectivity index (χ0v) is 10.1. The Morgan fingerprint density at radius 1 is 1.44 bits per heavy atom. The number of hydrogen-bond donors (Lipinski definition) is 1. The minimum atomic E-state index is -0.249. The van der Waals surface area contributed by atoms with Crippen molar-refractivity contribution in [3.8, 4) is 0 Å². The summed E-state index contributed by atoms with van der Waals surface area (Å²) in [5, 5.41) is 3.08. The van der Waals surface area contributed by atoms with E-state index in [1.807, 2.05) is 39.1 Å². The van der Waals surface area contributed by atoms with Crippen molar-refractivity contribution in [1.29, 1.82) is 0 Å². The quantitative estimate of drug-likeness (QED) is 0.773. The van der Waals surface area contributed by atoms with Gasteiger partial charge >= 0.3 is 5.97 Å². The first-order valence-electron chi connectivity index (χ1n) is 5.58. The van der Waals surface area contributed by atoms with Gasteiger partial charge < -0.3 is 10.1 Å². The minimum absolute atomic E-state index is 0.0755.